The second kappa shape index (κ2) is 7.10. The summed E-state index contributed by atoms with van der Waals surface area (Å²) in [6, 6.07) is 10.3. The molecule has 2 aliphatic rings. The number of carbonyl (C=O) groups is 1. The van der Waals surface area contributed by atoms with Crippen LogP contribution in [0.25, 0.3) is 11.4 Å². The number of piperidine rings is 1. The third kappa shape index (κ3) is 3.33. The highest BCUT2D eigenvalue weighted by Crippen LogP contribution is 2.43. The first-order valence-corrected chi connectivity index (χ1v) is 10.2. The van der Waals surface area contributed by atoms with Crippen LogP contribution in [-0.2, 0) is 0 Å². The lowest BCUT2D eigenvalue weighted by Crippen LogP contribution is -2.46. The molecular weight excluding hydrogens is 364 g/mol. The predicted octanol–water partition coefficient (Wildman–Crippen LogP) is 4.30. The summed E-state index contributed by atoms with van der Waals surface area (Å²) in [5.41, 5.74) is 3.96. The molecule has 6 nitrogen and oxygen atoms in total. The Morgan fingerprint density at radius 3 is 2.34 bits per heavy atom. The number of amides is 1. The number of fused-ring (bicyclic) bond motifs is 2. The molecule has 2 aromatic heterocycles. The van der Waals surface area contributed by atoms with Crippen molar-refractivity contribution in [2.75, 3.05) is 0 Å². The van der Waals surface area contributed by atoms with E-state index in [4.69, 9.17) is 4.52 Å². The molecule has 2 saturated heterocycles. The molecule has 3 aromatic rings. The first-order valence-electron chi connectivity index (χ1n) is 10.2. The van der Waals surface area contributed by atoms with Crippen molar-refractivity contribution in [2.24, 2.45) is 0 Å². The zero-order valence-electron chi connectivity index (χ0n) is 16.7. The Kier molecular flexibility index (Phi) is 4.42. The van der Waals surface area contributed by atoms with E-state index in [0.717, 1.165) is 47.9 Å². The van der Waals surface area contributed by atoms with Gasteiger partial charge in [0.25, 0.3) is 5.91 Å². The van der Waals surface area contributed by atoms with Crippen LogP contribution in [0.5, 0.6) is 0 Å². The number of nitrogens with zero attached hydrogens (tertiary/aromatic N) is 4. The summed E-state index contributed by atoms with van der Waals surface area (Å²) < 4.78 is 5.61. The summed E-state index contributed by atoms with van der Waals surface area (Å²) in [6.07, 6.45) is 7.30. The molecule has 2 aliphatic heterocycles. The van der Waals surface area contributed by atoms with E-state index in [2.05, 4.69) is 26.1 Å². The van der Waals surface area contributed by atoms with Crippen LogP contribution in [0.4, 0.5) is 0 Å². The van der Waals surface area contributed by atoms with Gasteiger partial charge in [0.2, 0.25) is 11.7 Å². The van der Waals surface area contributed by atoms with Crippen molar-refractivity contribution < 1.29 is 9.32 Å². The summed E-state index contributed by atoms with van der Waals surface area (Å²) in [5, 5.41) is 4.16. The smallest absolute Gasteiger partial charge is 0.254 e. The number of pyridine rings is 1. The SMILES string of the molecule is Cc1cc(C)cc(C(=O)N2[C@@H]3CC[C@H]2CC(c2nc(-c4ccncc4)no2)C3)c1. The summed E-state index contributed by atoms with van der Waals surface area (Å²) >= 11 is 0. The van der Waals surface area contributed by atoms with Gasteiger partial charge in [0, 0.05) is 41.5 Å². The molecule has 3 atom stereocenters. The maximum atomic E-state index is 13.3. The van der Waals surface area contributed by atoms with Crippen LogP contribution in [-0.4, -0.2) is 38.0 Å². The van der Waals surface area contributed by atoms with E-state index in [1.807, 2.05) is 38.1 Å². The highest BCUT2D eigenvalue weighted by atomic mass is 16.5. The molecule has 0 spiro atoms. The maximum absolute atomic E-state index is 13.3. The first kappa shape index (κ1) is 18.0. The number of carbonyl (C=O) groups excluding carboxylic acids is 1. The van der Waals surface area contributed by atoms with E-state index < -0.39 is 0 Å². The Morgan fingerprint density at radius 1 is 1.03 bits per heavy atom. The average molecular weight is 388 g/mol. The van der Waals surface area contributed by atoms with Crippen molar-refractivity contribution in [3.63, 3.8) is 0 Å². The van der Waals surface area contributed by atoms with Crippen molar-refractivity contribution in [3.8, 4) is 11.4 Å². The minimum absolute atomic E-state index is 0.158. The van der Waals surface area contributed by atoms with E-state index >= 15 is 0 Å². The normalized spacial score (nSPS) is 23.4. The fourth-order valence-electron chi connectivity index (χ4n) is 4.98. The van der Waals surface area contributed by atoms with E-state index in [1.54, 1.807) is 12.4 Å². The van der Waals surface area contributed by atoms with Crippen LogP contribution in [0.2, 0.25) is 0 Å². The van der Waals surface area contributed by atoms with E-state index in [-0.39, 0.29) is 23.9 Å². The van der Waals surface area contributed by atoms with E-state index in [0.29, 0.717) is 11.7 Å². The van der Waals surface area contributed by atoms with Crippen LogP contribution in [0.1, 0.15) is 59.0 Å². The number of aryl methyl sites for hydroxylation is 2. The molecule has 0 radical (unpaired) electrons. The Morgan fingerprint density at radius 2 is 1.69 bits per heavy atom. The van der Waals surface area contributed by atoms with Gasteiger partial charge in [0.05, 0.1) is 0 Å². The largest absolute Gasteiger partial charge is 0.339 e. The van der Waals surface area contributed by atoms with Gasteiger partial charge in [0.15, 0.2) is 0 Å². The van der Waals surface area contributed by atoms with Crippen molar-refractivity contribution in [1.29, 1.82) is 0 Å². The predicted molar refractivity (Wildman–Crippen MR) is 108 cm³/mol. The van der Waals surface area contributed by atoms with Crippen molar-refractivity contribution in [2.45, 2.75) is 57.5 Å². The van der Waals surface area contributed by atoms with Gasteiger partial charge >= 0.3 is 0 Å². The van der Waals surface area contributed by atoms with Crippen LogP contribution in [0, 0.1) is 13.8 Å². The summed E-state index contributed by atoms with van der Waals surface area (Å²) in [4.78, 5) is 24.1. The molecule has 0 saturated carbocycles. The average Bonchev–Trinajstić information content (AvgIpc) is 3.30. The van der Waals surface area contributed by atoms with Crippen LogP contribution in [0.3, 0.4) is 0 Å². The first-order chi connectivity index (χ1) is 14.1. The lowest BCUT2D eigenvalue weighted by atomic mass is 9.90. The Labute approximate surface area is 170 Å². The zero-order valence-corrected chi connectivity index (χ0v) is 16.7. The monoisotopic (exact) mass is 388 g/mol. The molecule has 0 aliphatic carbocycles. The number of benzene rings is 1. The second-order valence-corrected chi connectivity index (χ2v) is 8.33. The quantitative estimate of drug-likeness (QED) is 0.669. The minimum atomic E-state index is 0.158. The van der Waals surface area contributed by atoms with Crippen molar-refractivity contribution in [1.82, 2.24) is 20.0 Å². The standard InChI is InChI=1S/C23H24N4O2/c1-14-9-15(2)11-18(10-14)23(28)27-19-3-4-20(27)13-17(12-19)22-25-21(26-29-22)16-5-7-24-8-6-16/h5-11,17,19-20H,3-4,12-13H2,1-2H3/t17?,19-,20+. The maximum Gasteiger partial charge on any atom is 0.254 e. The molecule has 1 amide bonds. The molecule has 5 rings (SSSR count). The van der Waals surface area contributed by atoms with Crippen LogP contribution < -0.4 is 0 Å². The van der Waals surface area contributed by atoms with Gasteiger partial charge in [-0.1, -0.05) is 22.3 Å². The zero-order chi connectivity index (χ0) is 20.0. The Balaban J connectivity index is 1.35. The van der Waals surface area contributed by atoms with Gasteiger partial charge in [-0.25, -0.2) is 0 Å². The molecule has 1 unspecified atom stereocenters. The number of hydrogen-bond donors (Lipinski definition) is 0. The Bertz CT molecular complexity index is 1010. The molecule has 2 bridgehead atoms. The Hall–Kier alpha value is -3.02. The van der Waals surface area contributed by atoms with Gasteiger partial charge < -0.3 is 9.42 Å². The fraction of sp³-hybridized carbons (Fsp3) is 0.391. The third-order valence-corrected chi connectivity index (χ3v) is 6.17. The number of rotatable bonds is 3. The lowest BCUT2D eigenvalue weighted by Gasteiger charge is -2.38. The lowest BCUT2D eigenvalue weighted by molar-refractivity contribution is 0.0554. The fourth-order valence-corrected chi connectivity index (χ4v) is 4.98. The van der Waals surface area contributed by atoms with Gasteiger partial charge in [-0.2, -0.15) is 4.98 Å². The number of aromatic nitrogens is 3. The topological polar surface area (TPSA) is 72.1 Å². The minimum Gasteiger partial charge on any atom is -0.339 e. The molecular formula is C23H24N4O2. The molecule has 4 heterocycles. The molecule has 2 fully saturated rings. The van der Waals surface area contributed by atoms with Crippen LogP contribution in [0.15, 0.2) is 47.2 Å². The van der Waals surface area contributed by atoms with Gasteiger partial charge in [0.1, 0.15) is 0 Å². The summed E-state index contributed by atoms with van der Waals surface area (Å²) in [6.45, 7) is 4.08. The molecule has 6 heteroatoms. The highest BCUT2D eigenvalue weighted by molar-refractivity contribution is 5.95. The third-order valence-electron chi connectivity index (χ3n) is 6.17. The van der Waals surface area contributed by atoms with Gasteiger partial charge in [-0.05, 0) is 63.8 Å². The summed E-state index contributed by atoms with van der Waals surface area (Å²) in [5.74, 6) is 1.65. The number of hydrogen-bond acceptors (Lipinski definition) is 5. The van der Waals surface area contributed by atoms with Crippen molar-refractivity contribution >= 4 is 5.91 Å². The summed E-state index contributed by atoms with van der Waals surface area (Å²) in [7, 11) is 0. The molecule has 148 valence electrons. The van der Waals surface area contributed by atoms with Crippen molar-refractivity contribution in [3.05, 3.63) is 65.3 Å². The van der Waals surface area contributed by atoms with E-state index in [1.165, 1.54) is 0 Å². The van der Waals surface area contributed by atoms with Gasteiger partial charge in [-0.3, -0.25) is 9.78 Å². The van der Waals surface area contributed by atoms with Gasteiger partial charge in [-0.15, -0.1) is 0 Å². The molecule has 29 heavy (non-hydrogen) atoms. The highest BCUT2D eigenvalue weighted by Gasteiger charge is 2.45. The molecule has 0 N–H and O–H groups in total. The van der Waals surface area contributed by atoms with E-state index in [9.17, 15) is 4.79 Å². The van der Waals surface area contributed by atoms with Crippen LogP contribution >= 0.6 is 0 Å². The second-order valence-electron chi connectivity index (χ2n) is 8.33. The molecule has 1 aromatic carbocycles.